The minimum atomic E-state index is -3.57. The molecule has 0 unspecified atom stereocenters. The molecule has 0 aliphatic heterocycles. The highest BCUT2D eigenvalue weighted by Crippen LogP contribution is 2.30. The highest BCUT2D eigenvalue weighted by Gasteiger charge is 2.31. The van der Waals surface area contributed by atoms with Gasteiger partial charge in [0, 0.05) is 6.04 Å². The highest BCUT2D eigenvalue weighted by atomic mass is 32.2. The van der Waals surface area contributed by atoms with Gasteiger partial charge in [0.15, 0.2) is 0 Å². The van der Waals surface area contributed by atoms with Gasteiger partial charge in [-0.1, -0.05) is 6.92 Å². The Morgan fingerprint density at radius 2 is 2.11 bits per heavy atom. The summed E-state index contributed by atoms with van der Waals surface area (Å²) >= 11 is 0.802. The van der Waals surface area contributed by atoms with E-state index in [1.807, 2.05) is 0 Å². The fourth-order valence-electron chi connectivity index (χ4n) is 2.07. The third-order valence-electron chi connectivity index (χ3n) is 3.05. The van der Waals surface area contributed by atoms with E-state index in [-0.39, 0.29) is 15.1 Å². The van der Waals surface area contributed by atoms with Crippen molar-refractivity contribution < 1.29 is 18.3 Å². The van der Waals surface area contributed by atoms with Crippen LogP contribution in [0.4, 0.5) is 0 Å². The lowest BCUT2D eigenvalue weighted by atomic mass is 9.83. The summed E-state index contributed by atoms with van der Waals surface area (Å²) in [5.41, 5.74) is 0.481. The molecule has 0 saturated heterocycles. The van der Waals surface area contributed by atoms with Crippen LogP contribution in [0.2, 0.25) is 0 Å². The van der Waals surface area contributed by atoms with Crippen LogP contribution in [0, 0.1) is 12.8 Å². The maximum Gasteiger partial charge on any atom is 0.346 e. The zero-order valence-electron chi connectivity index (χ0n) is 10.1. The number of hydrogen-bond acceptors (Lipinski definition) is 4. The van der Waals surface area contributed by atoms with Gasteiger partial charge in [0.2, 0.25) is 10.0 Å². The second-order valence-electron chi connectivity index (χ2n) is 4.78. The molecule has 0 aromatic carbocycles. The van der Waals surface area contributed by atoms with Crippen molar-refractivity contribution in [1.82, 2.24) is 4.72 Å². The molecule has 7 heteroatoms. The Bertz CT molecular complexity index is 570. The van der Waals surface area contributed by atoms with Gasteiger partial charge in [0.05, 0.1) is 0 Å². The summed E-state index contributed by atoms with van der Waals surface area (Å²) in [6, 6.07) is 1.40. The van der Waals surface area contributed by atoms with Crippen molar-refractivity contribution >= 4 is 27.3 Å². The molecule has 0 bridgehead atoms. The molecule has 1 aliphatic rings. The number of aromatic carboxylic acids is 1. The Morgan fingerprint density at radius 3 is 2.56 bits per heavy atom. The summed E-state index contributed by atoms with van der Waals surface area (Å²) in [5, 5.41) is 8.91. The van der Waals surface area contributed by atoms with E-state index < -0.39 is 16.0 Å². The van der Waals surface area contributed by atoms with Crippen LogP contribution in [-0.2, 0) is 10.0 Å². The molecule has 5 nitrogen and oxygen atoms in total. The van der Waals surface area contributed by atoms with Crippen LogP contribution >= 0.6 is 11.3 Å². The summed E-state index contributed by atoms with van der Waals surface area (Å²) in [5.74, 6) is -0.534. The number of sulfonamides is 1. The predicted molar refractivity (Wildman–Crippen MR) is 68.5 cm³/mol. The quantitative estimate of drug-likeness (QED) is 0.885. The molecule has 100 valence electrons. The van der Waals surface area contributed by atoms with Gasteiger partial charge in [0.1, 0.15) is 9.09 Å². The first-order chi connectivity index (χ1) is 8.29. The van der Waals surface area contributed by atoms with E-state index in [1.54, 1.807) is 6.92 Å². The number of carboxylic acids is 1. The first kappa shape index (κ1) is 13.5. The van der Waals surface area contributed by atoms with E-state index in [4.69, 9.17) is 5.11 Å². The van der Waals surface area contributed by atoms with Crippen molar-refractivity contribution in [3.63, 3.8) is 0 Å². The van der Waals surface area contributed by atoms with Gasteiger partial charge in [-0.3, -0.25) is 0 Å². The van der Waals surface area contributed by atoms with Gasteiger partial charge in [-0.15, -0.1) is 11.3 Å². The number of carboxylic acid groups (broad SMARTS) is 1. The summed E-state index contributed by atoms with van der Waals surface area (Å²) in [4.78, 5) is 11.0. The van der Waals surface area contributed by atoms with Gasteiger partial charge in [0.25, 0.3) is 0 Å². The lowest BCUT2D eigenvalue weighted by Crippen LogP contribution is -2.43. The Hall–Kier alpha value is -0.920. The summed E-state index contributed by atoms with van der Waals surface area (Å²) in [6.07, 6.45) is 1.69. The van der Waals surface area contributed by atoms with Crippen LogP contribution in [0.15, 0.2) is 10.3 Å². The molecule has 1 heterocycles. The Morgan fingerprint density at radius 1 is 1.50 bits per heavy atom. The van der Waals surface area contributed by atoms with Crippen molar-refractivity contribution in [2.75, 3.05) is 0 Å². The third-order valence-corrected chi connectivity index (χ3v) is 6.27. The van der Waals surface area contributed by atoms with E-state index in [9.17, 15) is 13.2 Å². The number of thiophene rings is 1. The lowest BCUT2D eigenvalue weighted by Gasteiger charge is -2.32. The predicted octanol–water partition coefficient (Wildman–Crippen LogP) is 1.83. The molecule has 0 spiro atoms. The van der Waals surface area contributed by atoms with Gasteiger partial charge in [-0.25, -0.2) is 17.9 Å². The number of nitrogens with one attached hydrogen (secondary N) is 1. The van der Waals surface area contributed by atoms with Gasteiger partial charge < -0.3 is 5.11 Å². The maximum absolute atomic E-state index is 12.0. The topological polar surface area (TPSA) is 83.5 Å². The van der Waals surface area contributed by atoms with Crippen molar-refractivity contribution in [1.29, 1.82) is 0 Å². The average molecular weight is 289 g/mol. The SMILES string of the molecule is Cc1cc(S(=O)(=O)NC2CC(C)C2)sc1C(=O)O. The van der Waals surface area contributed by atoms with Crippen LogP contribution in [0.5, 0.6) is 0 Å². The Balaban J connectivity index is 2.19. The van der Waals surface area contributed by atoms with Crippen LogP contribution < -0.4 is 4.72 Å². The third kappa shape index (κ3) is 2.57. The molecule has 0 atom stereocenters. The Kier molecular flexibility index (Phi) is 3.48. The molecule has 1 aliphatic carbocycles. The van der Waals surface area contributed by atoms with Gasteiger partial charge in [-0.2, -0.15) is 0 Å². The zero-order chi connectivity index (χ0) is 13.5. The number of aryl methyl sites for hydroxylation is 1. The summed E-state index contributed by atoms with van der Waals surface area (Å²) in [6.45, 7) is 3.67. The highest BCUT2D eigenvalue weighted by molar-refractivity contribution is 7.91. The van der Waals surface area contributed by atoms with Crippen LogP contribution in [-0.4, -0.2) is 25.5 Å². The largest absolute Gasteiger partial charge is 0.477 e. The van der Waals surface area contributed by atoms with Crippen molar-refractivity contribution in [3.05, 3.63) is 16.5 Å². The van der Waals surface area contributed by atoms with Crippen molar-refractivity contribution in [2.45, 2.75) is 36.9 Å². The van der Waals surface area contributed by atoms with E-state index in [0.29, 0.717) is 11.5 Å². The molecule has 2 N–H and O–H groups in total. The molecule has 1 saturated carbocycles. The second kappa shape index (κ2) is 4.64. The van der Waals surface area contributed by atoms with E-state index >= 15 is 0 Å². The van der Waals surface area contributed by atoms with Gasteiger partial charge >= 0.3 is 5.97 Å². The molecule has 0 amide bonds. The Labute approximate surface area is 110 Å². The molecule has 1 aromatic heterocycles. The van der Waals surface area contributed by atoms with Gasteiger partial charge in [-0.05, 0) is 37.3 Å². The molecular weight excluding hydrogens is 274 g/mol. The molecule has 18 heavy (non-hydrogen) atoms. The maximum atomic E-state index is 12.0. The normalized spacial score (nSPS) is 23.7. The van der Waals surface area contributed by atoms with Crippen molar-refractivity contribution in [2.24, 2.45) is 5.92 Å². The van der Waals surface area contributed by atoms with Crippen LogP contribution in [0.1, 0.15) is 35.0 Å². The molecular formula is C11H15NO4S2. The first-order valence-corrected chi connectivity index (χ1v) is 7.95. The zero-order valence-corrected chi connectivity index (χ0v) is 11.8. The van der Waals surface area contributed by atoms with Crippen LogP contribution in [0.3, 0.4) is 0 Å². The molecule has 1 fully saturated rings. The van der Waals surface area contributed by atoms with Crippen LogP contribution in [0.25, 0.3) is 0 Å². The van der Waals surface area contributed by atoms with E-state index in [0.717, 1.165) is 24.2 Å². The van der Waals surface area contributed by atoms with E-state index in [2.05, 4.69) is 11.6 Å². The smallest absolute Gasteiger partial charge is 0.346 e. The molecule has 1 aromatic rings. The number of rotatable bonds is 4. The fraction of sp³-hybridized carbons (Fsp3) is 0.545. The number of hydrogen-bond donors (Lipinski definition) is 2. The second-order valence-corrected chi connectivity index (χ2v) is 7.77. The standard InChI is InChI=1S/C11H15NO4S2/c1-6-3-8(4-6)12-18(15,16)9-5-7(2)10(17-9)11(13)14/h5-6,8,12H,3-4H2,1-2H3,(H,13,14). The molecule has 2 rings (SSSR count). The van der Waals surface area contributed by atoms with Crippen molar-refractivity contribution in [3.8, 4) is 0 Å². The first-order valence-electron chi connectivity index (χ1n) is 5.65. The average Bonchev–Trinajstić information content (AvgIpc) is 2.58. The summed E-state index contributed by atoms with van der Waals surface area (Å²) in [7, 11) is -3.57. The minimum Gasteiger partial charge on any atom is -0.477 e. The monoisotopic (exact) mass is 289 g/mol. The fourth-order valence-corrected chi connectivity index (χ4v) is 4.73. The van der Waals surface area contributed by atoms with E-state index in [1.165, 1.54) is 6.07 Å². The minimum absolute atomic E-state index is 0.0133. The molecule has 0 radical (unpaired) electrons. The summed E-state index contributed by atoms with van der Waals surface area (Å²) < 4.78 is 26.8. The number of carbonyl (C=O) groups is 1. The lowest BCUT2D eigenvalue weighted by molar-refractivity contribution is 0.0701.